The fraction of sp³-hybridized carbons (Fsp3) is 0.652. The van der Waals surface area contributed by atoms with Crippen LogP contribution >= 0.6 is 0 Å². The minimum atomic E-state index is -0.987. The second-order valence-corrected chi connectivity index (χ2v) is 9.49. The zero-order valence-electron chi connectivity index (χ0n) is 18.4. The Hall–Kier alpha value is -1.99. The van der Waals surface area contributed by atoms with Crippen LogP contribution in [0.1, 0.15) is 46.1 Å². The number of piperidine rings is 1. The zero-order chi connectivity index (χ0) is 22.1. The maximum Gasteiger partial charge on any atom is 0.329 e. The molecule has 30 heavy (non-hydrogen) atoms. The Kier molecular flexibility index (Phi) is 6.82. The largest absolute Gasteiger partial charge is 0.458 e. The lowest BCUT2D eigenvalue weighted by Gasteiger charge is -2.30. The number of hydrogen-bond acceptors (Lipinski definition) is 5. The van der Waals surface area contributed by atoms with E-state index < -0.39 is 29.3 Å². The van der Waals surface area contributed by atoms with Crippen LogP contribution in [0.25, 0.3) is 0 Å². The molecule has 6 nitrogen and oxygen atoms in total. The summed E-state index contributed by atoms with van der Waals surface area (Å²) in [6.45, 7) is 7.07. The van der Waals surface area contributed by atoms with Crippen molar-refractivity contribution in [2.45, 2.75) is 76.8 Å². The molecule has 0 aromatic heterocycles. The summed E-state index contributed by atoms with van der Waals surface area (Å²) in [5.41, 5.74) is -0.368. The van der Waals surface area contributed by atoms with Gasteiger partial charge in [0.05, 0.1) is 12.0 Å². The van der Waals surface area contributed by atoms with Crippen molar-refractivity contribution in [3.8, 4) is 0 Å². The number of halogens is 1. The highest BCUT2D eigenvalue weighted by Gasteiger charge is 2.49. The standard InChI is InChI=1S/C23H33FN2O4/c1-13(20(29-5)18-12-15-11-17(15)25-18)21(27)26-19(22(28)30-23(2,3)4)10-14-8-6-7-9-16(14)24/h6-9,13,15,17-20,25H,10-12H2,1-5H3,(H,26,27)/t13-,15+,17+,18+,19+,20-/m1/s1. The van der Waals surface area contributed by atoms with Crippen LogP contribution in [0.3, 0.4) is 0 Å². The molecule has 1 saturated heterocycles. The topological polar surface area (TPSA) is 76.7 Å². The van der Waals surface area contributed by atoms with Gasteiger partial charge in [-0.05, 0) is 51.2 Å². The Morgan fingerprint density at radius 3 is 2.53 bits per heavy atom. The smallest absolute Gasteiger partial charge is 0.329 e. The number of ether oxygens (including phenoxy) is 2. The SMILES string of the molecule is CO[C@@H]([C@@H]1C[C@@H]2C[C@@H]2N1)[C@@H](C)C(=O)N[C@@H](Cc1ccccc1F)C(=O)OC(C)(C)C. The molecule has 0 unspecified atom stereocenters. The molecule has 1 aliphatic heterocycles. The van der Waals surface area contributed by atoms with Crippen LogP contribution in [0, 0.1) is 17.7 Å². The predicted molar refractivity (Wildman–Crippen MR) is 111 cm³/mol. The van der Waals surface area contributed by atoms with Gasteiger partial charge in [0.2, 0.25) is 5.91 Å². The Bertz CT molecular complexity index is 769. The first-order chi connectivity index (χ1) is 14.1. The number of rotatable bonds is 8. The Morgan fingerprint density at radius 2 is 1.97 bits per heavy atom. The third kappa shape index (κ3) is 5.58. The van der Waals surface area contributed by atoms with Crippen molar-refractivity contribution in [1.82, 2.24) is 10.6 Å². The number of fused-ring (bicyclic) bond motifs is 1. The van der Waals surface area contributed by atoms with Crippen LogP contribution in [-0.2, 0) is 25.5 Å². The number of methoxy groups -OCH3 is 1. The second-order valence-electron chi connectivity index (χ2n) is 9.49. The van der Waals surface area contributed by atoms with Gasteiger partial charge in [-0.25, -0.2) is 9.18 Å². The summed E-state index contributed by atoms with van der Waals surface area (Å²) >= 11 is 0. The van der Waals surface area contributed by atoms with Gasteiger partial charge < -0.3 is 20.1 Å². The summed E-state index contributed by atoms with van der Waals surface area (Å²) in [5, 5.41) is 6.31. The van der Waals surface area contributed by atoms with Gasteiger partial charge in [0, 0.05) is 25.6 Å². The maximum atomic E-state index is 14.2. The zero-order valence-corrected chi connectivity index (χ0v) is 18.4. The normalized spacial score (nSPS) is 25.7. The average Bonchev–Trinajstić information content (AvgIpc) is 3.27. The molecule has 1 saturated carbocycles. The number of carbonyl (C=O) groups excluding carboxylic acids is 2. The van der Waals surface area contributed by atoms with E-state index in [1.165, 1.54) is 12.5 Å². The lowest BCUT2D eigenvalue weighted by atomic mass is 9.94. The fourth-order valence-electron chi connectivity index (χ4n) is 4.23. The van der Waals surface area contributed by atoms with Crippen molar-refractivity contribution in [2.24, 2.45) is 11.8 Å². The molecule has 2 fully saturated rings. The molecule has 2 aliphatic rings. The maximum absolute atomic E-state index is 14.2. The third-order valence-corrected chi connectivity index (χ3v) is 5.87. The molecule has 0 bridgehead atoms. The number of benzene rings is 1. The first kappa shape index (κ1) is 22.7. The summed E-state index contributed by atoms with van der Waals surface area (Å²) in [4.78, 5) is 25.8. The van der Waals surface area contributed by atoms with E-state index in [2.05, 4.69) is 10.6 Å². The van der Waals surface area contributed by atoms with Gasteiger partial charge in [-0.2, -0.15) is 0 Å². The van der Waals surface area contributed by atoms with Crippen molar-refractivity contribution in [1.29, 1.82) is 0 Å². The quantitative estimate of drug-likeness (QED) is 0.633. The van der Waals surface area contributed by atoms with Gasteiger partial charge in [-0.15, -0.1) is 0 Å². The van der Waals surface area contributed by atoms with Gasteiger partial charge in [0.1, 0.15) is 17.5 Å². The number of nitrogens with one attached hydrogen (secondary N) is 2. The molecule has 6 atom stereocenters. The van der Waals surface area contributed by atoms with Crippen LogP contribution in [0.15, 0.2) is 24.3 Å². The van der Waals surface area contributed by atoms with Crippen LogP contribution < -0.4 is 10.6 Å². The molecule has 1 aromatic rings. The van der Waals surface area contributed by atoms with Crippen LogP contribution in [0.2, 0.25) is 0 Å². The van der Waals surface area contributed by atoms with Crippen molar-refractivity contribution in [3.05, 3.63) is 35.6 Å². The number of hydrogen-bond donors (Lipinski definition) is 2. The van der Waals surface area contributed by atoms with E-state index in [1.807, 2.05) is 0 Å². The second kappa shape index (κ2) is 9.02. The van der Waals surface area contributed by atoms with E-state index in [-0.39, 0.29) is 24.5 Å². The molecule has 1 aliphatic carbocycles. The molecule has 3 rings (SSSR count). The van der Waals surface area contributed by atoms with Crippen molar-refractivity contribution in [2.75, 3.05) is 7.11 Å². The number of amides is 1. The molecular weight excluding hydrogens is 387 g/mol. The average molecular weight is 421 g/mol. The van der Waals surface area contributed by atoms with E-state index in [4.69, 9.17) is 9.47 Å². The highest BCUT2D eigenvalue weighted by molar-refractivity contribution is 5.86. The van der Waals surface area contributed by atoms with Crippen LogP contribution in [-0.4, -0.2) is 48.8 Å². The van der Waals surface area contributed by atoms with E-state index in [0.717, 1.165) is 6.42 Å². The van der Waals surface area contributed by atoms with Gasteiger partial charge in [0.15, 0.2) is 0 Å². The first-order valence-electron chi connectivity index (χ1n) is 10.6. The molecule has 166 valence electrons. The molecule has 2 N–H and O–H groups in total. The summed E-state index contributed by atoms with van der Waals surface area (Å²) in [5.74, 6) is -1.11. The summed E-state index contributed by atoms with van der Waals surface area (Å²) in [6, 6.07) is 5.90. The van der Waals surface area contributed by atoms with Crippen molar-refractivity contribution < 1.29 is 23.5 Å². The Labute approximate surface area is 177 Å². The first-order valence-corrected chi connectivity index (χ1v) is 10.6. The van der Waals surface area contributed by atoms with E-state index in [1.54, 1.807) is 53.0 Å². The summed E-state index contributed by atoms with van der Waals surface area (Å²) < 4.78 is 25.3. The van der Waals surface area contributed by atoms with E-state index in [9.17, 15) is 14.0 Å². The van der Waals surface area contributed by atoms with Gasteiger partial charge >= 0.3 is 5.97 Å². The van der Waals surface area contributed by atoms with Crippen LogP contribution in [0.4, 0.5) is 4.39 Å². The number of carbonyl (C=O) groups is 2. The molecule has 0 spiro atoms. The predicted octanol–water partition coefficient (Wildman–Crippen LogP) is 2.60. The lowest BCUT2D eigenvalue weighted by molar-refractivity contribution is -0.159. The lowest BCUT2D eigenvalue weighted by Crippen LogP contribution is -2.52. The highest BCUT2D eigenvalue weighted by atomic mass is 19.1. The van der Waals surface area contributed by atoms with Crippen molar-refractivity contribution >= 4 is 11.9 Å². The van der Waals surface area contributed by atoms with Gasteiger partial charge in [-0.3, -0.25) is 4.79 Å². The Balaban J connectivity index is 1.70. The third-order valence-electron chi connectivity index (χ3n) is 5.87. The molecule has 1 amide bonds. The monoisotopic (exact) mass is 420 g/mol. The molecule has 0 radical (unpaired) electrons. The van der Waals surface area contributed by atoms with E-state index in [0.29, 0.717) is 17.5 Å². The molecule has 1 heterocycles. The van der Waals surface area contributed by atoms with Gasteiger partial charge in [0.25, 0.3) is 0 Å². The summed E-state index contributed by atoms with van der Waals surface area (Å²) in [7, 11) is 1.60. The van der Waals surface area contributed by atoms with E-state index >= 15 is 0 Å². The van der Waals surface area contributed by atoms with Crippen molar-refractivity contribution in [3.63, 3.8) is 0 Å². The number of esters is 1. The fourth-order valence-corrected chi connectivity index (χ4v) is 4.23. The van der Waals surface area contributed by atoms with Gasteiger partial charge in [-0.1, -0.05) is 25.1 Å². The minimum Gasteiger partial charge on any atom is -0.458 e. The molecule has 1 aromatic carbocycles. The molecule has 7 heteroatoms. The Morgan fingerprint density at radius 1 is 1.27 bits per heavy atom. The minimum absolute atomic E-state index is 0.0174. The highest BCUT2D eigenvalue weighted by Crippen LogP contribution is 2.42. The summed E-state index contributed by atoms with van der Waals surface area (Å²) in [6.07, 6.45) is 1.90. The molecular formula is C23H33FN2O4. The van der Waals surface area contributed by atoms with Crippen LogP contribution in [0.5, 0.6) is 0 Å².